The summed E-state index contributed by atoms with van der Waals surface area (Å²) in [5, 5.41) is 0.769. The summed E-state index contributed by atoms with van der Waals surface area (Å²) < 4.78 is 12.9. The number of halogens is 2. The minimum Gasteiger partial charge on any atom is -0.294 e. The van der Waals surface area contributed by atoms with Crippen LogP contribution < -0.4 is 0 Å². The molecule has 1 nitrogen and oxygen atoms in total. The molecule has 0 unspecified atom stereocenters. The molecule has 1 rings (SSSR count). The summed E-state index contributed by atoms with van der Waals surface area (Å²) in [6.07, 6.45) is 0.674. The summed E-state index contributed by atoms with van der Waals surface area (Å²) in [6.45, 7) is 1.45. The van der Waals surface area contributed by atoms with Gasteiger partial charge in [-0.25, -0.2) is 4.39 Å². The summed E-state index contributed by atoms with van der Waals surface area (Å²) in [5.41, 5.74) is 0.932. The molecule has 0 spiro atoms. The molecule has 0 saturated carbocycles. The van der Waals surface area contributed by atoms with E-state index in [2.05, 4.69) is 27.8 Å². The van der Waals surface area contributed by atoms with Gasteiger partial charge in [0.2, 0.25) is 0 Å². The van der Waals surface area contributed by atoms with Gasteiger partial charge in [-0.1, -0.05) is 27.8 Å². The molecule has 0 aromatic heterocycles. The van der Waals surface area contributed by atoms with E-state index in [4.69, 9.17) is 0 Å². The van der Waals surface area contributed by atoms with Crippen LogP contribution in [0.4, 0.5) is 4.39 Å². The Labute approximate surface area is 96.8 Å². The first-order valence-electron chi connectivity index (χ1n) is 4.50. The van der Waals surface area contributed by atoms with Gasteiger partial charge in [-0.15, -0.1) is 0 Å². The highest BCUT2D eigenvalue weighted by molar-refractivity contribution is 9.09. The Bertz CT molecular complexity index is 429. The van der Waals surface area contributed by atoms with Crippen LogP contribution in [0, 0.1) is 17.7 Å². The molecule has 0 radical (unpaired) electrons. The van der Waals surface area contributed by atoms with Crippen molar-refractivity contribution in [2.24, 2.45) is 0 Å². The Morgan fingerprint density at radius 2 is 2.27 bits per heavy atom. The van der Waals surface area contributed by atoms with E-state index in [0.29, 0.717) is 17.5 Å². The van der Waals surface area contributed by atoms with Crippen LogP contribution in [0.25, 0.3) is 0 Å². The Balaban J connectivity index is 3.09. The molecular weight excluding hydrogens is 259 g/mol. The normalized spacial score (nSPS) is 9.27. The van der Waals surface area contributed by atoms with Crippen LogP contribution in [0.5, 0.6) is 0 Å². The van der Waals surface area contributed by atoms with Gasteiger partial charge in [-0.05, 0) is 25.1 Å². The molecule has 1 aromatic carbocycles. The molecule has 1 aromatic rings. The summed E-state index contributed by atoms with van der Waals surface area (Å²) in [6, 6.07) is 4.03. The van der Waals surface area contributed by atoms with Crippen LogP contribution in [-0.4, -0.2) is 11.1 Å². The number of rotatable bonds is 2. The Morgan fingerprint density at radius 3 is 2.87 bits per heavy atom. The number of alkyl halides is 1. The van der Waals surface area contributed by atoms with Gasteiger partial charge < -0.3 is 0 Å². The monoisotopic (exact) mass is 268 g/mol. The number of Topliss-reactive ketones (excluding diaryl/α,β-unsaturated/α-hetero) is 1. The van der Waals surface area contributed by atoms with E-state index in [1.54, 1.807) is 0 Å². The third-order valence-electron chi connectivity index (χ3n) is 1.80. The first-order valence-corrected chi connectivity index (χ1v) is 5.62. The maximum atomic E-state index is 12.9. The number of hydrogen-bond acceptors (Lipinski definition) is 1. The molecule has 0 aliphatic heterocycles. The van der Waals surface area contributed by atoms with E-state index in [9.17, 15) is 9.18 Å². The zero-order valence-corrected chi connectivity index (χ0v) is 9.90. The highest BCUT2D eigenvalue weighted by Crippen LogP contribution is 2.11. The van der Waals surface area contributed by atoms with E-state index in [1.807, 2.05) is 0 Å². The molecule has 78 valence electrons. The first kappa shape index (κ1) is 11.9. The molecule has 15 heavy (non-hydrogen) atoms. The highest BCUT2D eigenvalue weighted by Gasteiger charge is 2.05. The Hall–Kier alpha value is -1.14. The minimum atomic E-state index is -0.372. The maximum absolute atomic E-state index is 12.9. The third kappa shape index (κ3) is 3.49. The fraction of sp³-hybridized carbons (Fsp3) is 0.250. The van der Waals surface area contributed by atoms with Gasteiger partial charge in [0.1, 0.15) is 5.82 Å². The van der Waals surface area contributed by atoms with Crippen LogP contribution in [0.15, 0.2) is 18.2 Å². The van der Waals surface area contributed by atoms with Gasteiger partial charge in [0.05, 0.1) is 0 Å². The highest BCUT2D eigenvalue weighted by atomic mass is 79.9. The average molecular weight is 269 g/mol. The number of carbonyl (C=O) groups excluding carboxylic acids is 1. The predicted molar refractivity (Wildman–Crippen MR) is 61.7 cm³/mol. The maximum Gasteiger partial charge on any atom is 0.161 e. The van der Waals surface area contributed by atoms with E-state index in [0.717, 1.165) is 5.33 Å². The van der Waals surface area contributed by atoms with Crippen molar-refractivity contribution >= 4 is 21.7 Å². The zero-order valence-electron chi connectivity index (χ0n) is 8.31. The van der Waals surface area contributed by atoms with Crippen molar-refractivity contribution in [3.63, 3.8) is 0 Å². The van der Waals surface area contributed by atoms with E-state index >= 15 is 0 Å². The molecule has 0 fully saturated rings. The van der Waals surface area contributed by atoms with Crippen molar-refractivity contribution in [1.29, 1.82) is 0 Å². The van der Waals surface area contributed by atoms with E-state index < -0.39 is 0 Å². The fourth-order valence-corrected chi connectivity index (χ4v) is 1.33. The second-order valence-electron chi connectivity index (χ2n) is 2.99. The minimum absolute atomic E-state index is 0.0989. The molecular formula is C12H10BrFO. The van der Waals surface area contributed by atoms with E-state index in [1.165, 1.54) is 25.1 Å². The Kier molecular flexibility index (Phi) is 4.51. The molecule has 0 heterocycles. The molecule has 0 atom stereocenters. The summed E-state index contributed by atoms with van der Waals surface area (Å²) in [7, 11) is 0. The fourth-order valence-electron chi connectivity index (χ4n) is 1.13. The molecule has 0 amide bonds. The zero-order chi connectivity index (χ0) is 11.3. The van der Waals surface area contributed by atoms with Gasteiger partial charge in [0.15, 0.2) is 5.78 Å². The van der Waals surface area contributed by atoms with Crippen molar-refractivity contribution in [2.75, 3.05) is 5.33 Å². The molecule has 0 saturated heterocycles. The van der Waals surface area contributed by atoms with Gasteiger partial charge in [0.25, 0.3) is 0 Å². The van der Waals surface area contributed by atoms with Crippen molar-refractivity contribution in [3.05, 3.63) is 35.1 Å². The number of benzene rings is 1. The van der Waals surface area contributed by atoms with Crippen LogP contribution in [0.2, 0.25) is 0 Å². The predicted octanol–water partition coefficient (Wildman–Crippen LogP) is 3.16. The average Bonchev–Trinajstić information content (AvgIpc) is 2.18. The molecule has 0 aliphatic carbocycles. The molecule has 0 N–H and O–H groups in total. The molecule has 3 heteroatoms. The van der Waals surface area contributed by atoms with Gasteiger partial charge in [-0.3, -0.25) is 4.79 Å². The third-order valence-corrected chi connectivity index (χ3v) is 2.20. The Morgan fingerprint density at radius 1 is 1.53 bits per heavy atom. The summed E-state index contributed by atoms with van der Waals surface area (Å²) in [4.78, 5) is 11.2. The van der Waals surface area contributed by atoms with Crippen LogP contribution in [0.3, 0.4) is 0 Å². The second kappa shape index (κ2) is 5.67. The topological polar surface area (TPSA) is 17.1 Å². The largest absolute Gasteiger partial charge is 0.294 e. The van der Waals surface area contributed by atoms with Crippen LogP contribution >= 0.6 is 15.9 Å². The van der Waals surface area contributed by atoms with Crippen LogP contribution in [-0.2, 0) is 0 Å². The van der Waals surface area contributed by atoms with Crippen molar-refractivity contribution in [1.82, 2.24) is 0 Å². The molecule has 0 aliphatic rings. The lowest BCUT2D eigenvalue weighted by molar-refractivity contribution is 0.101. The van der Waals surface area contributed by atoms with E-state index in [-0.39, 0.29) is 11.6 Å². The van der Waals surface area contributed by atoms with Gasteiger partial charge >= 0.3 is 0 Å². The summed E-state index contributed by atoms with van der Waals surface area (Å²) in [5.74, 6) is 5.18. The standard InChI is InChI=1S/C12H10BrFO/c1-9(15)12-6-5-11(14)8-10(12)4-2-3-7-13/h5-6,8H,3,7H2,1H3. The van der Waals surface area contributed by atoms with Gasteiger partial charge in [-0.2, -0.15) is 0 Å². The lowest BCUT2D eigenvalue weighted by atomic mass is 10.0. The second-order valence-corrected chi connectivity index (χ2v) is 3.78. The van der Waals surface area contributed by atoms with Crippen molar-refractivity contribution in [2.45, 2.75) is 13.3 Å². The molecule has 0 bridgehead atoms. The number of ketones is 1. The van der Waals surface area contributed by atoms with Crippen LogP contribution in [0.1, 0.15) is 29.3 Å². The summed E-state index contributed by atoms with van der Waals surface area (Å²) >= 11 is 3.24. The van der Waals surface area contributed by atoms with Gasteiger partial charge in [0, 0.05) is 22.9 Å². The SMILES string of the molecule is CC(=O)c1ccc(F)cc1C#CCCBr. The smallest absolute Gasteiger partial charge is 0.161 e. The first-order chi connectivity index (χ1) is 7.15. The van der Waals surface area contributed by atoms with Crippen molar-refractivity contribution < 1.29 is 9.18 Å². The van der Waals surface area contributed by atoms with Crippen molar-refractivity contribution in [3.8, 4) is 11.8 Å². The lowest BCUT2D eigenvalue weighted by Gasteiger charge is -1.99. The number of carbonyl (C=O) groups is 1. The lowest BCUT2D eigenvalue weighted by Crippen LogP contribution is -1.97. The quantitative estimate of drug-likeness (QED) is 0.458. The number of hydrogen-bond donors (Lipinski definition) is 0.